The number of carbonyl (C=O) groups excluding carboxylic acids is 1. The molecule has 1 aromatic carbocycles. The molecule has 3 N–H and O–H groups in total. The monoisotopic (exact) mass is 210 g/mol. The molecule has 0 aromatic heterocycles. The van der Waals surface area contributed by atoms with E-state index in [1.807, 2.05) is 12.1 Å². The summed E-state index contributed by atoms with van der Waals surface area (Å²) in [6.07, 6.45) is 1.62. The van der Waals surface area contributed by atoms with Gasteiger partial charge < -0.3 is 11.1 Å². The zero-order chi connectivity index (χ0) is 10.2. The van der Waals surface area contributed by atoms with E-state index in [1.165, 1.54) is 0 Å². The van der Waals surface area contributed by atoms with Gasteiger partial charge in [0.25, 0.3) is 0 Å². The molecule has 2 rings (SSSR count). The second-order valence-corrected chi connectivity index (χ2v) is 4.01. The number of amides is 1. The van der Waals surface area contributed by atoms with Crippen molar-refractivity contribution in [2.45, 2.75) is 18.4 Å². The zero-order valence-electron chi connectivity index (χ0n) is 7.59. The van der Waals surface area contributed by atoms with Crippen LogP contribution in [0, 0.1) is 0 Å². The molecule has 3 nitrogen and oxygen atoms in total. The molecule has 1 aliphatic carbocycles. The van der Waals surface area contributed by atoms with Crippen LogP contribution in [0.1, 0.15) is 12.8 Å². The quantitative estimate of drug-likeness (QED) is 0.799. The summed E-state index contributed by atoms with van der Waals surface area (Å²) in [7, 11) is 0. The summed E-state index contributed by atoms with van der Waals surface area (Å²) >= 11 is 5.74. The van der Waals surface area contributed by atoms with Crippen LogP contribution in [0.2, 0.25) is 5.02 Å². The molecule has 0 heterocycles. The minimum Gasteiger partial charge on any atom is -0.371 e. The number of primary amides is 1. The number of hydrogen-bond acceptors (Lipinski definition) is 2. The van der Waals surface area contributed by atoms with E-state index in [-0.39, 0.29) is 5.91 Å². The molecule has 4 heteroatoms. The average molecular weight is 211 g/mol. The van der Waals surface area contributed by atoms with Gasteiger partial charge >= 0.3 is 0 Å². The van der Waals surface area contributed by atoms with Gasteiger partial charge in [-0.3, -0.25) is 4.79 Å². The van der Waals surface area contributed by atoms with Crippen molar-refractivity contribution in [2.75, 3.05) is 5.32 Å². The highest BCUT2D eigenvalue weighted by Crippen LogP contribution is 2.38. The number of halogens is 1. The third-order valence-electron chi connectivity index (χ3n) is 2.45. The van der Waals surface area contributed by atoms with Crippen LogP contribution in [0.15, 0.2) is 24.3 Å². The summed E-state index contributed by atoms with van der Waals surface area (Å²) in [6.45, 7) is 0. The number of anilines is 1. The van der Waals surface area contributed by atoms with E-state index in [0.29, 0.717) is 5.02 Å². The van der Waals surface area contributed by atoms with Gasteiger partial charge in [0.15, 0.2) is 0 Å². The molecular weight excluding hydrogens is 200 g/mol. The summed E-state index contributed by atoms with van der Waals surface area (Å²) in [4.78, 5) is 11.1. The highest BCUT2D eigenvalue weighted by atomic mass is 35.5. The van der Waals surface area contributed by atoms with Crippen molar-refractivity contribution < 1.29 is 4.79 Å². The average Bonchev–Trinajstić information content (AvgIpc) is 2.90. The van der Waals surface area contributed by atoms with E-state index in [1.54, 1.807) is 12.1 Å². The lowest BCUT2D eigenvalue weighted by Gasteiger charge is -2.14. The summed E-state index contributed by atoms with van der Waals surface area (Å²) in [5, 5.41) is 3.80. The van der Waals surface area contributed by atoms with Crippen LogP contribution in [0.25, 0.3) is 0 Å². The normalized spacial score (nSPS) is 17.5. The van der Waals surface area contributed by atoms with Crippen LogP contribution in [0.3, 0.4) is 0 Å². The molecule has 14 heavy (non-hydrogen) atoms. The van der Waals surface area contributed by atoms with E-state index < -0.39 is 5.54 Å². The smallest absolute Gasteiger partial charge is 0.243 e. The van der Waals surface area contributed by atoms with Gasteiger partial charge in [-0.05, 0) is 37.1 Å². The number of hydrogen-bond donors (Lipinski definition) is 2. The number of nitrogens with one attached hydrogen (secondary N) is 1. The lowest BCUT2D eigenvalue weighted by atomic mass is 10.2. The molecule has 1 saturated carbocycles. The molecule has 1 aromatic rings. The molecule has 1 fully saturated rings. The van der Waals surface area contributed by atoms with E-state index in [0.717, 1.165) is 18.5 Å². The van der Waals surface area contributed by atoms with Crippen molar-refractivity contribution in [1.82, 2.24) is 0 Å². The Morgan fingerprint density at radius 2 is 1.93 bits per heavy atom. The van der Waals surface area contributed by atoms with Gasteiger partial charge in [0, 0.05) is 10.7 Å². The largest absolute Gasteiger partial charge is 0.371 e. The Hall–Kier alpha value is -1.22. The van der Waals surface area contributed by atoms with Gasteiger partial charge in [-0.2, -0.15) is 0 Å². The van der Waals surface area contributed by atoms with Crippen molar-refractivity contribution >= 4 is 23.2 Å². The molecule has 74 valence electrons. The highest BCUT2D eigenvalue weighted by Gasteiger charge is 2.48. The Balaban J connectivity index is 2.11. The van der Waals surface area contributed by atoms with Crippen LogP contribution in [0.4, 0.5) is 5.69 Å². The Morgan fingerprint density at radius 3 is 2.36 bits per heavy atom. The first kappa shape index (κ1) is 9.34. The zero-order valence-corrected chi connectivity index (χ0v) is 8.34. The maximum absolute atomic E-state index is 11.1. The predicted molar refractivity (Wildman–Crippen MR) is 56.2 cm³/mol. The minimum atomic E-state index is -0.506. The molecule has 0 saturated heterocycles. The predicted octanol–water partition coefficient (Wildman–Crippen LogP) is 1.77. The van der Waals surface area contributed by atoms with Crippen molar-refractivity contribution in [3.63, 3.8) is 0 Å². The molecule has 1 amide bonds. The molecule has 0 atom stereocenters. The fourth-order valence-electron chi connectivity index (χ4n) is 1.37. The van der Waals surface area contributed by atoms with Gasteiger partial charge in [0.1, 0.15) is 5.54 Å². The fraction of sp³-hybridized carbons (Fsp3) is 0.300. The van der Waals surface area contributed by atoms with Gasteiger partial charge in [-0.15, -0.1) is 0 Å². The van der Waals surface area contributed by atoms with Gasteiger partial charge in [-0.25, -0.2) is 0 Å². The lowest BCUT2D eigenvalue weighted by Crippen LogP contribution is -2.37. The number of rotatable bonds is 3. The van der Waals surface area contributed by atoms with Crippen LogP contribution >= 0.6 is 11.6 Å². The summed E-state index contributed by atoms with van der Waals surface area (Å²) in [6, 6.07) is 7.23. The van der Waals surface area contributed by atoms with Crippen molar-refractivity contribution in [1.29, 1.82) is 0 Å². The summed E-state index contributed by atoms with van der Waals surface area (Å²) in [5.74, 6) is -0.285. The van der Waals surface area contributed by atoms with E-state index >= 15 is 0 Å². The van der Waals surface area contributed by atoms with Gasteiger partial charge in [0.2, 0.25) is 5.91 Å². The topological polar surface area (TPSA) is 55.1 Å². The Kier molecular flexibility index (Phi) is 2.11. The molecule has 0 unspecified atom stereocenters. The highest BCUT2D eigenvalue weighted by molar-refractivity contribution is 6.30. The summed E-state index contributed by atoms with van der Waals surface area (Å²) in [5.41, 5.74) is 5.66. The summed E-state index contributed by atoms with van der Waals surface area (Å²) < 4.78 is 0. The van der Waals surface area contributed by atoms with Crippen LogP contribution < -0.4 is 11.1 Å². The van der Waals surface area contributed by atoms with Gasteiger partial charge in [0.05, 0.1) is 0 Å². The third-order valence-corrected chi connectivity index (χ3v) is 2.70. The maximum Gasteiger partial charge on any atom is 0.243 e. The first-order valence-electron chi connectivity index (χ1n) is 4.46. The molecule has 0 spiro atoms. The van der Waals surface area contributed by atoms with E-state index in [9.17, 15) is 4.79 Å². The van der Waals surface area contributed by atoms with Crippen molar-refractivity contribution in [2.24, 2.45) is 5.73 Å². The van der Waals surface area contributed by atoms with Crippen LogP contribution in [0.5, 0.6) is 0 Å². The van der Waals surface area contributed by atoms with E-state index in [4.69, 9.17) is 17.3 Å². The fourth-order valence-corrected chi connectivity index (χ4v) is 1.49. The van der Waals surface area contributed by atoms with Crippen LogP contribution in [-0.4, -0.2) is 11.4 Å². The number of carbonyl (C=O) groups is 1. The van der Waals surface area contributed by atoms with Gasteiger partial charge in [-0.1, -0.05) is 11.6 Å². The second-order valence-electron chi connectivity index (χ2n) is 3.58. The molecule has 1 aliphatic rings. The third kappa shape index (κ3) is 1.68. The standard InChI is InChI=1S/C10H11ClN2O/c11-7-1-3-8(4-2-7)13-10(5-6-10)9(12)14/h1-4,13H,5-6H2,(H2,12,14). The first-order valence-corrected chi connectivity index (χ1v) is 4.84. The first-order chi connectivity index (χ1) is 6.62. The molecule has 0 radical (unpaired) electrons. The Morgan fingerprint density at radius 1 is 1.36 bits per heavy atom. The molecule has 0 bridgehead atoms. The Bertz CT molecular complexity index is 357. The second kappa shape index (κ2) is 3.17. The SMILES string of the molecule is NC(=O)C1(Nc2ccc(Cl)cc2)CC1. The maximum atomic E-state index is 11.1. The molecular formula is C10H11ClN2O. The van der Waals surface area contributed by atoms with Crippen LogP contribution in [-0.2, 0) is 4.79 Å². The van der Waals surface area contributed by atoms with E-state index in [2.05, 4.69) is 5.32 Å². The van der Waals surface area contributed by atoms with Crippen molar-refractivity contribution in [3.8, 4) is 0 Å². The number of benzene rings is 1. The number of nitrogens with two attached hydrogens (primary N) is 1. The van der Waals surface area contributed by atoms with Crippen molar-refractivity contribution in [3.05, 3.63) is 29.3 Å². The minimum absolute atomic E-state index is 0.285. The Labute approximate surface area is 87.2 Å². The lowest BCUT2D eigenvalue weighted by molar-refractivity contribution is -0.119. The molecule has 0 aliphatic heterocycles.